The van der Waals surface area contributed by atoms with Gasteiger partial charge < -0.3 is 15.6 Å². The van der Waals surface area contributed by atoms with Crippen molar-refractivity contribution in [3.05, 3.63) is 131 Å². The summed E-state index contributed by atoms with van der Waals surface area (Å²) in [5.41, 5.74) is 4.24. The number of H-pyrrole nitrogens is 1. The normalized spacial score (nSPS) is 11.7. The van der Waals surface area contributed by atoms with E-state index in [-0.39, 0.29) is 11.5 Å². The van der Waals surface area contributed by atoms with E-state index in [1.54, 1.807) is 24.3 Å². The SMILES string of the molecule is Cc1ccc(C(=O)N[C@@H](Cc2ccccc2)c2nc3ccccc3[nH]2)cc1NC(=O)c1ccccc1F. The van der Waals surface area contributed by atoms with Crippen molar-refractivity contribution in [1.29, 1.82) is 0 Å². The van der Waals surface area contributed by atoms with Crippen LogP contribution in [0.3, 0.4) is 0 Å². The fourth-order valence-electron chi connectivity index (χ4n) is 4.18. The number of carbonyl (C=O) groups excluding carboxylic acids is 2. The zero-order valence-corrected chi connectivity index (χ0v) is 20.2. The van der Waals surface area contributed by atoms with Gasteiger partial charge in [-0.1, -0.05) is 60.7 Å². The number of benzene rings is 4. The Bertz CT molecular complexity index is 1550. The minimum Gasteiger partial charge on any atom is -0.342 e. The van der Waals surface area contributed by atoms with Gasteiger partial charge in [-0.05, 0) is 60.9 Å². The van der Waals surface area contributed by atoms with Crippen LogP contribution in [-0.4, -0.2) is 21.8 Å². The molecule has 1 atom stereocenters. The summed E-state index contributed by atoms with van der Waals surface area (Å²) in [6.45, 7) is 1.81. The van der Waals surface area contributed by atoms with Gasteiger partial charge >= 0.3 is 0 Å². The van der Waals surface area contributed by atoms with Crippen LogP contribution in [0.15, 0.2) is 97.1 Å². The minimum absolute atomic E-state index is 0.0652. The lowest BCUT2D eigenvalue weighted by atomic mass is 10.0. The van der Waals surface area contributed by atoms with Crippen molar-refractivity contribution in [3.8, 4) is 0 Å². The molecule has 0 bridgehead atoms. The van der Waals surface area contributed by atoms with Crippen LogP contribution in [0.1, 0.15) is 43.7 Å². The molecule has 1 heterocycles. The van der Waals surface area contributed by atoms with Gasteiger partial charge in [0.15, 0.2) is 0 Å². The molecule has 0 saturated heterocycles. The molecule has 5 rings (SSSR count). The van der Waals surface area contributed by atoms with Gasteiger partial charge in [0, 0.05) is 11.3 Å². The number of amides is 2. The number of aromatic amines is 1. The van der Waals surface area contributed by atoms with Crippen molar-refractivity contribution in [2.24, 2.45) is 0 Å². The Kier molecular flexibility index (Phi) is 6.76. The largest absolute Gasteiger partial charge is 0.342 e. The first-order valence-electron chi connectivity index (χ1n) is 11.9. The van der Waals surface area contributed by atoms with E-state index in [4.69, 9.17) is 4.98 Å². The molecule has 1 aromatic heterocycles. The van der Waals surface area contributed by atoms with Crippen LogP contribution in [0, 0.1) is 12.7 Å². The fraction of sp³-hybridized carbons (Fsp3) is 0.100. The Morgan fingerprint density at radius 1 is 0.892 bits per heavy atom. The Hall–Kier alpha value is -4.78. The van der Waals surface area contributed by atoms with Crippen molar-refractivity contribution in [2.45, 2.75) is 19.4 Å². The van der Waals surface area contributed by atoms with E-state index in [2.05, 4.69) is 15.6 Å². The average Bonchev–Trinajstić information content (AvgIpc) is 3.35. The van der Waals surface area contributed by atoms with Crippen molar-refractivity contribution in [3.63, 3.8) is 0 Å². The summed E-state index contributed by atoms with van der Waals surface area (Å²) in [5, 5.41) is 5.82. The van der Waals surface area contributed by atoms with Crippen LogP contribution >= 0.6 is 0 Å². The quantitative estimate of drug-likeness (QED) is 0.261. The topological polar surface area (TPSA) is 86.9 Å². The Morgan fingerprint density at radius 3 is 2.41 bits per heavy atom. The molecule has 3 N–H and O–H groups in total. The molecule has 4 aromatic carbocycles. The van der Waals surface area contributed by atoms with E-state index in [0.717, 1.165) is 22.2 Å². The second kappa shape index (κ2) is 10.5. The van der Waals surface area contributed by atoms with Gasteiger partial charge in [-0.2, -0.15) is 0 Å². The maximum atomic E-state index is 14.1. The van der Waals surface area contributed by atoms with Gasteiger partial charge in [-0.15, -0.1) is 0 Å². The highest BCUT2D eigenvalue weighted by atomic mass is 19.1. The summed E-state index contributed by atoms with van der Waals surface area (Å²) >= 11 is 0. The van der Waals surface area contributed by atoms with E-state index >= 15 is 0 Å². The molecule has 6 nitrogen and oxygen atoms in total. The molecule has 7 heteroatoms. The standard InChI is InChI=1S/C30H25FN4O2/c1-19-15-16-21(18-26(19)34-30(37)22-11-5-6-12-23(22)31)29(36)35-27(17-20-9-3-2-4-10-20)28-32-24-13-7-8-14-25(24)33-28/h2-16,18,27H,17H2,1H3,(H,32,33)(H,34,37)(H,35,36)/t27-/m0/s1. The van der Waals surface area contributed by atoms with Gasteiger partial charge in [-0.25, -0.2) is 9.37 Å². The van der Waals surface area contributed by atoms with Gasteiger partial charge in [0.25, 0.3) is 11.8 Å². The predicted molar refractivity (Wildman–Crippen MR) is 142 cm³/mol. The lowest BCUT2D eigenvalue weighted by Gasteiger charge is -2.18. The number of aromatic nitrogens is 2. The molecule has 0 aliphatic rings. The van der Waals surface area contributed by atoms with Gasteiger partial charge in [-0.3, -0.25) is 9.59 Å². The first-order chi connectivity index (χ1) is 18.0. The molecule has 0 fully saturated rings. The van der Waals surface area contributed by atoms with Crippen LogP contribution in [0.4, 0.5) is 10.1 Å². The molecule has 5 aromatic rings. The third-order valence-electron chi connectivity index (χ3n) is 6.19. The van der Waals surface area contributed by atoms with E-state index in [1.165, 1.54) is 18.2 Å². The number of hydrogen-bond acceptors (Lipinski definition) is 3. The zero-order chi connectivity index (χ0) is 25.8. The molecular weight excluding hydrogens is 467 g/mol. The molecule has 0 radical (unpaired) electrons. The molecule has 0 aliphatic heterocycles. The minimum atomic E-state index is -0.610. The van der Waals surface area contributed by atoms with Crippen LogP contribution in [0.5, 0.6) is 0 Å². The Labute approximate surface area is 213 Å². The molecule has 184 valence electrons. The number of halogens is 1. The zero-order valence-electron chi connectivity index (χ0n) is 20.2. The third kappa shape index (κ3) is 5.41. The summed E-state index contributed by atoms with van der Waals surface area (Å²) in [6, 6.07) is 28.0. The van der Waals surface area contributed by atoms with Gasteiger partial charge in [0.2, 0.25) is 0 Å². The highest BCUT2D eigenvalue weighted by Crippen LogP contribution is 2.23. The molecule has 2 amide bonds. The summed E-state index contributed by atoms with van der Waals surface area (Å²) in [6.07, 6.45) is 0.537. The number of carbonyl (C=O) groups is 2. The van der Waals surface area contributed by atoms with Crippen molar-refractivity contribution < 1.29 is 14.0 Å². The van der Waals surface area contributed by atoms with E-state index in [9.17, 15) is 14.0 Å². The highest BCUT2D eigenvalue weighted by Gasteiger charge is 2.21. The summed E-state index contributed by atoms with van der Waals surface area (Å²) in [5.74, 6) is -0.856. The van der Waals surface area contributed by atoms with E-state index < -0.39 is 17.8 Å². The summed E-state index contributed by atoms with van der Waals surface area (Å²) in [4.78, 5) is 34.1. The maximum Gasteiger partial charge on any atom is 0.258 e. The first-order valence-corrected chi connectivity index (χ1v) is 11.9. The predicted octanol–water partition coefficient (Wildman–Crippen LogP) is 5.98. The smallest absolute Gasteiger partial charge is 0.258 e. The Balaban J connectivity index is 1.40. The average molecular weight is 493 g/mol. The monoisotopic (exact) mass is 492 g/mol. The second-order valence-corrected chi connectivity index (χ2v) is 8.82. The number of anilines is 1. The molecule has 37 heavy (non-hydrogen) atoms. The maximum absolute atomic E-state index is 14.1. The lowest BCUT2D eigenvalue weighted by Crippen LogP contribution is -2.31. The number of imidazole rings is 1. The number of hydrogen-bond donors (Lipinski definition) is 3. The number of rotatable bonds is 7. The molecule has 0 aliphatic carbocycles. The third-order valence-corrected chi connectivity index (χ3v) is 6.19. The van der Waals surface area contributed by atoms with E-state index in [0.29, 0.717) is 23.5 Å². The number of nitrogens with one attached hydrogen (secondary N) is 3. The van der Waals surface area contributed by atoms with Crippen molar-refractivity contribution in [1.82, 2.24) is 15.3 Å². The first kappa shape index (κ1) is 23.9. The molecule has 0 saturated carbocycles. The van der Waals surface area contributed by atoms with Crippen LogP contribution in [0.2, 0.25) is 0 Å². The Morgan fingerprint density at radius 2 is 1.62 bits per heavy atom. The van der Waals surface area contributed by atoms with Gasteiger partial charge in [0.1, 0.15) is 11.6 Å². The summed E-state index contributed by atoms with van der Waals surface area (Å²) < 4.78 is 14.1. The number of para-hydroxylation sites is 2. The van der Waals surface area contributed by atoms with Crippen LogP contribution in [-0.2, 0) is 6.42 Å². The number of nitrogens with zero attached hydrogens (tertiary/aromatic N) is 1. The fourth-order valence-corrected chi connectivity index (χ4v) is 4.18. The lowest BCUT2D eigenvalue weighted by molar-refractivity contribution is 0.0933. The highest BCUT2D eigenvalue weighted by molar-refractivity contribution is 6.05. The van der Waals surface area contributed by atoms with Gasteiger partial charge in [0.05, 0.1) is 22.6 Å². The van der Waals surface area contributed by atoms with E-state index in [1.807, 2.05) is 61.5 Å². The molecular formula is C30H25FN4O2. The van der Waals surface area contributed by atoms with Crippen molar-refractivity contribution in [2.75, 3.05) is 5.32 Å². The summed E-state index contributed by atoms with van der Waals surface area (Å²) in [7, 11) is 0. The van der Waals surface area contributed by atoms with Crippen LogP contribution < -0.4 is 10.6 Å². The molecule has 0 spiro atoms. The number of aryl methyl sites for hydroxylation is 1. The van der Waals surface area contributed by atoms with Crippen LogP contribution in [0.25, 0.3) is 11.0 Å². The van der Waals surface area contributed by atoms with Crippen molar-refractivity contribution >= 4 is 28.5 Å². The number of fused-ring (bicyclic) bond motifs is 1. The second-order valence-electron chi connectivity index (χ2n) is 8.82. The molecule has 0 unspecified atom stereocenters.